The summed E-state index contributed by atoms with van der Waals surface area (Å²) in [7, 11) is 0. The van der Waals surface area contributed by atoms with Gasteiger partial charge in [0.15, 0.2) is 5.78 Å². The van der Waals surface area contributed by atoms with Crippen LogP contribution in [0.5, 0.6) is 5.75 Å². The first kappa shape index (κ1) is 13.4. The van der Waals surface area contributed by atoms with Gasteiger partial charge < -0.3 is 4.74 Å². The van der Waals surface area contributed by atoms with Crippen molar-refractivity contribution in [3.63, 3.8) is 0 Å². The summed E-state index contributed by atoms with van der Waals surface area (Å²) >= 11 is 7.13. The van der Waals surface area contributed by atoms with E-state index in [0.29, 0.717) is 4.90 Å². The first-order valence-electron chi connectivity index (χ1n) is 4.38. The van der Waals surface area contributed by atoms with E-state index in [1.165, 1.54) is 18.2 Å². The lowest BCUT2D eigenvalue weighted by Gasteiger charge is -2.11. The van der Waals surface area contributed by atoms with Gasteiger partial charge >= 0.3 is 6.61 Å². The predicted octanol–water partition coefficient (Wildman–Crippen LogP) is 3.54. The van der Waals surface area contributed by atoms with E-state index in [9.17, 15) is 13.6 Å². The highest BCUT2D eigenvalue weighted by atomic mass is 79.9. The molecule has 0 aliphatic heterocycles. The van der Waals surface area contributed by atoms with Gasteiger partial charge in [-0.3, -0.25) is 4.79 Å². The number of alkyl halides is 3. The zero-order valence-corrected chi connectivity index (χ0v) is 10.8. The molecule has 2 nitrogen and oxygen atoms in total. The number of carbonyl (C=O) groups excluding carboxylic acids is 1. The summed E-state index contributed by atoms with van der Waals surface area (Å²) in [6.45, 7) is -1.34. The highest BCUT2D eigenvalue weighted by Gasteiger charge is 2.19. The minimum atomic E-state index is -2.96. The number of hydrogen-bond donors (Lipinski definition) is 1. The second kappa shape index (κ2) is 5.63. The highest BCUT2D eigenvalue weighted by Crippen LogP contribution is 2.26. The van der Waals surface area contributed by atoms with Crippen LogP contribution in [0.15, 0.2) is 23.1 Å². The Morgan fingerprint density at radius 1 is 1.50 bits per heavy atom. The Balaban J connectivity index is 3.12. The molecule has 0 aliphatic carbocycles. The number of ketones is 1. The monoisotopic (exact) mass is 310 g/mol. The molecule has 0 amide bonds. The Morgan fingerprint density at radius 3 is 2.62 bits per heavy atom. The molecule has 1 aromatic rings. The lowest BCUT2D eigenvalue weighted by Crippen LogP contribution is -2.13. The number of benzene rings is 1. The topological polar surface area (TPSA) is 26.3 Å². The van der Waals surface area contributed by atoms with Crippen LogP contribution in [0.25, 0.3) is 0 Å². The number of rotatable bonds is 4. The fourth-order valence-corrected chi connectivity index (χ4v) is 1.57. The normalized spacial score (nSPS) is 12.6. The number of carbonyl (C=O) groups is 1. The molecule has 0 saturated heterocycles. The van der Waals surface area contributed by atoms with Gasteiger partial charge in [0, 0.05) is 4.90 Å². The molecule has 0 fully saturated rings. The minimum absolute atomic E-state index is 0.0946. The molecule has 0 bridgehead atoms. The van der Waals surface area contributed by atoms with E-state index in [0.717, 1.165) is 0 Å². The van der Waals surface area contributed by atoms with Crippen molar-refractivity contribution in [1.29, 1.82) is 0 Å². The van der Waals surface area contributed by atoms with Crippen molar-refractivity contribution in [2.45, 2.75) is 23.3 Å². The van der Waals surface area contributed by atoms with Gasteiger partial charge in [0.25, 0.3) is 0 Å². The lowest BCUT2D eigenvalue weighted by atomic mass is 10.1. The Morgan fingerprint density at radius 2 is 2.12 bits per heavy atom. The van der Waals surface area contributed by atoms with Crippen LogP contribution in [-0.2, 0) is 0 Å². The van der Waals surface area contributed by atoms with Crippen LogP contribution in [0.4, 0.5) is 8.78 Å². The van der Waals surface area contributed by atoms with Crippen LogP contribution in [0.3, 0.4) is 0 Å². The van der Waals surface area contributed by atoms with Gasteiger partial charge in [-0.05, 0) is 25.1 Å². The molecule has 6 heteroatoms. The smallest absolute Gasteiger partial charge is 0.387 e. The van der Waals surface area contributed by atoms with Crippen molar-refractivity contribution in [3.05, 3.63) is 23.8 Å². The maximum atomic E-state index is 12.1. The number of thiol groups is 1. The van der Waals surface area contributed by atoms with E-state index in [4.69, 9.17) is 0 Å². The average molecular weight is 311 g/mol. The molecule has 1 aromatic carbocycles. The van der Waals surface area contributed by atoms with Crippen molar-refractivity contribution >= 4 is 34.3 Å². The number of Topliss-reactive ketones (excluding diaryl/α,β-unsaturated/α-hetero) is 1. The Hall–Kier alpha value is -0.620. The molecule has 0 heterocycles. The molecule has 88 valence electrons. The zero-order chi connectivity index (χ0) is 12.3. The second-order valence-corrected chi connectivity index (χ2v) is 4.93. The van der Waals surface area contributed by atoms with E-state index < -0.39 is 11.4 Å². The Kier molecular flexibility index (Phi) is 4.73. The van der Waals surface area contributed by atoms with Crippen molar-refractivity contribution < 1.29 is 18.3 Å². The Labute approximate surface area is 106 Å². The molecule has 1 rings (SSSR count). The molecule has 16 heavy (non-hydrogen) atoms. The maximum absolute atomic E-state index is 12.1. The van der Waals surface area contributed by atoms with E-state index in [1.54, 1.807) is 6.92 Å². The molecule has 0 aromatic heterocycles. The summed E-state index contributed by atoms with van der Waals surface area (Å²) in [6, 6.07) is 4.19. The molecule has 1 unspecified atom stereocenters. The Bertz CT molecular complexity index is 396. The molecule has 0 spiro atoms. The third kappa shape index (κ3) is 3.45. The largest absolute Gasteiger partial charge is 0.434 e. The zero-order valence-electron chi connectivity index (χ0n) is 8.28. The molecule has 0 saturated carbocycles. The minimum Gasteiger partial charge on any atom is -0.434 e. The molecular weight excluding hydrogens is 302 g/mol. The quantitative estimate of drug-likeness (QED) is 0.523. The first-order valence-corrected chi connectivity index (χ1v) is 5.74. The van der Waals surface area contributed by atoms with Crippen LogP contribution in [0, 0.1) is 0 Å². The van der Waals surface area contributed by atoms with Crippen LogP contribution >= 0.6 is 28.6 Å². The number of ether oxygens (including phenoxy) is 1. The second-order valence-electron chi connectivity index (χ2n) is 3.04. The fraction of sp³-hybridized carbons (Fsp3) is 0.300. The standard InChI is InChI=1S/C10H9BrF2O2S/c1-5(11)9(14)7-4-6(16)2-3-8(7)15-10(12)13/h2-5,10,16H,1H3. The molecule has 0 aliphatic rings. The number of hydrogen-bond acceptors (Lipinski definition) is 3. The van der Waals surface area contributed by atoms with E-state index in [1.807, 2.05) is 0 Å². The summed E-state index contributed by atoms with van der Waals surface area (Å²) in [5.41, 5.74) is 0.0946. The highest BCUT2D eigenvalue weighted by molar-refractivity contribution is 9.10. The van der Waals surface area contributed by atoms with Gasteiger partial charge in [-0.1, -0.05) is 15.9 Å². The third-order valence-electron chi connectivity index (χ3n) is 1.81. The summed E-state index contributed by atoms with van der Waals surface area (Å²) in [5.74, 6) is -0.462. The van der Waals surface area contributed by atoms with Crippen molar-refractivity contribution in [3.8, 4) is 5.75 Å². The van der Waals surface area contributed by atoms with Gasteiger partial charge in [0.05, 0.1) is 10.4 Å². The third-order valence-corrected chi connectivity index (χ3v) is 2.50. The fourth-order valence-electron chi connectivity index (χ4n) is 1.12. The van der Waals surface area contributed by atoms with Gasteiger partial charge in [0.1, 0.15) is 5.75 Å². The SMILES string of the molecule is CC(Br)C(=O)c1cc(S)ccc1OC(F)F. The molecule has 1 atom stereocenters. The summed E-state index contributed by atoms with van der Waals surface area (Å²) in [6.07, 6.45) is 0. The van der Waals surface area contributed by atoms with Gasteiger partial charge in [-0.15, -0.1) is 12.6 Å². The van der Waals surface area contributed by atoms with E-state index >= 15 is 0 Å². The van der Waals surface area contributed by atoms with Crippen LogP contribution in [0.2, 0.25) is 0 Å². The molecule has 0 N–H and O–H groups in total. The van der Waals surface area contributed by atoms with Gasteiger partial charge in [-0.25, -0.2) is 0 Å². The van der Waals surface area contributed by atoms with E-state index in [2.05, 4.69) is 33.3 Å². The van der Waals surface area contributed by atoms with Crippen molar-refractivity contribution in [2.75, 3.05) is 0 Å². The van der Waals surface area contributed by atoms with Gasteiger partial charge in [0.2, 0.25) is 0 Å². The van der Waals surface area contributed by atoms with Crippen LogP contribution < -0.4 is 4.74 Å². The van der Waals surface area contributed by atoms with Crippen LogP contribution in [0.1, 0.15) is 17.3 Å². The predicted molar refractivity (Wildman–Crippen MR) is 63.0 cm³/mol. The van der Waals surface area contributed by atoms with Crippen molar-refractivity contribution in [2.24, 2.45) is 0 Å². The molecule has 0 radical (unpaired) electrons. The van der Waals surface area contributed by atoms with Gasteiger partial charge in [-0.2, -0.15) is 8.78 Å². The van der Waals surface area contributed by atoms with Crippen molar-refractivity contribution in [1.82, 2.24) is 0 Å². The van der Waals surface area contributed by atoms with Crippen LogP contribution in [-0.4, -0.2) is 17.2 Å². The summed E-state index contributed by atoms with van der Waals surface area (Å²) in [5, 5.41) is 0. The van der Waals surface area contributed by atoms with E-state index in [-0.39, 0.29) is 17.1 Å². The summed E-state index contributed by atoms with van der Waals surface area (Å²) in [4.78, 5) is 11.7. The first-order chi connectivity index (χ1) is 7.41. The summed E-state index contributed by atoms with van der Waals surface area (Å²) < 4.78 is 28.5. The average Bonchev–Trinajstić information content (AvgIpc) is 2.18. The number of halogens is 3. The molecular formula is C10H9BrF2O2S. The maximum Gasteiger partial charge on any atom is 0.387 e. The lowest BCUT2D eigenvalue weighted by molar-refractivity contribution is -0.0501.